The number of hydrogen-bond acceptors (Lipinski definition) is 4. The van der Waals surface area contributed by atoms with Gasteiger partial charge >= 0.3 is 5.82 Å². The van der Waals surface area contributed by atoms with Gasteiger partial charge in [-0.15, -0.1) is 11.6 Å². The summed E-state index contributed by atoms with van der Waals surface area (Å²) < 4.78 is 21.3. The molecule has 0 aromatic carbocycles. The molecule has 0 amide bonds. The van der Waals surface area contributed by atoms with Crippen LogP contribution in [0.1, 0.15) is 15.5 Å². The van der Waals surface area contributed by atoms with E-state index >= 15 is 0 Å². The zero-order valence-corrected chi connectivity index (χ0v) is 6.46. The smallest absolute Gasteiger partial charge is 0.312 e. The van der Waals surface area contributed by atoms with Crippen LogP contribution in [0.3, 0.4) is 0 Å². The fraction of sp³-hybridized carbons (Fsp3) is 0.167. The van der Waals surface area contributed by atoms with Gasteiger partial charge in [-0.25, -0.2) is 9.71 Å². The molecule has 1 aromatic heterocycles. The van der Waals surface area contributed by atoms with Crippen molar-refractivity contribution in [3.63, 3.8) is 0 Å². The van der Waals surface area contributed by atoms with Crippen molar-refractivity contribution in [3.05, 3.63) is 22.8 Å². The lowest BCUT2D eigenvalue weighted by Crippen LogP contribution is -2.32. The third kappa shape index (κ3) is 1.38. The minimum absolute atomic E-state index is 0.0961. The van der Waals surface area contributed by atoms with Crippen molar-refractivity contribution >= 4 is 17.4 Å². The topological polar surface area (TPSA) is 89.6 Å². The van der Waals surface area contributed by atoms with Gasteiger partial charge in [-0.3, -0.25) is 5.73 Å². The zero-order valence-electron chi connectivity index (χ0n) is 8.71. The molecule has 1 heterocycles. The van der Waals surface area contributed by atoms with Crippen LogP contribution in [-0.4, -0.2) is 4.98 Å². The summed E-state index contributed by atoms with van der Waals surface area (Å²) in [6, 6.07) is 1.51. The Morgan fingerprint density at radius 2 is 2.75 bits per heavy atom. The minimum atomic E-state index is -2.50. The molecule has 1 aromatic rings. The van der Waals surface area contributed by atoms with Gasteiger partial charge in [-0.2, -0.15) is 5.26 Å². The highest BCUT2D eigenvalue weighted by molar-refractivity contribution is 6.16. The molecule has 2 N–H and O–H groups in total. The number of nitrogens with two attached hydrogens (primary N) is 1. The van der Waals surface area contributed by atoms with E-state index in [1.165, 1.54) is 6.07 Å². The van der Waals surface area contributed by atoms with Gasteiger partial charge in [0.1, 0.15) is 13.6 Å². The SMILES string of the molecule is [2H]c1c(C([2H])([2H])Cl)nc(C#N)c(N)[n+]1[O-]. The maximum absolute atomic E-state index is 11.2. The van der Waals surface area contributed by atoms with Gasteiger partial charge in [0.25, 0.3) is 0 Å². The number of nitrogens with zero attached hydrogens (tertiary/aromatic N) is 3. The first-order valence-electron chi connectivity index (χ1n) is 4.28. The van der Waals surface area contributed by atoms with Gasteiger partial charge in [-0.05, 0) is 0 Å². The van der Waals surface area contributed by atoms with Crippen molar-refractivity contribution in [2.24, 2.45) is 0 Å². The fourth-order valence-electron chi connectivity index (χ4n) is 0.571. The second-order valence-corrected chi connectivity index (χ2v) is 2.00. The molecule has 1 rings (SSSR count). The van der Waals surface area contributed by atoms with Crippen LogP contribution in [0.5, 0.6) is 0 Å². The highest BCUT2D eigenvalue weighted by atomic mass is 35.5. The number of anilines is 1. The van der Waals surface area contributed by atoms with Crippen LogP contribution in [0.15, 0.2) is 6.17 Å². The molecule has 0 radical (unpaired) electrons. The van der Waals surface area contributed by atoms with Crippen LogP contribution >= 0.6 is 11.6 Å². The van der Waals surface area contributed by atoms with Crippen LogP contribution in [-0.2, 0) is 5.83 Å². The number of halogens is 1. The normalized spacial score (nSPS) is 14.2. The summed E-state index contributed by atoms with van der Waals surface area (Å²) in [4.78, 5) is 3.42. The predicted molar refractivity (Wildman–Crippen MR) is 41.9 cm³/mol. The standard InChI is InChI=1S/C6H5ClN4O/c7-1-4-3-11(12)6(9)5(2-8)10-4/h3H,1,9H2/i1D2,3D. The molecule has 0 bridgehead atoms. The van der Waals surface area contributed by atoms with Crippen molar-refractivity contribution in [3.8, 4) is 6.07 Å². The molecule has 6 heteroatoms. The van der Waals surface area contributed by atoms with E-state index in [9.17, 15) is 5.21 Å². The molecular weight excluding hydrogens is 180 g/mol. The summed E-state index contributed by atoms with van der Waals surface area (Å²) in [6.45, 7) is 0. The van der Waals surface area contributed by atoms with Gasteiger partial charge in [0.15, 0.2) is 0 Å². The summed E-state index contributed by atoms with van der Waals surface area (Å²) in [6.07, 6.45) is -0.813. The van der Waals surface area contributed by atoms with E-state index in [2.05, 4.69) is 4.98 Å². The third-order valence-corrected chi connectivity index (χ3v) is 1.27. The molecule has 12 heavy (non-hydrogen) atoms. The molecule has 0 saturated heterocycles. The monoisotopic (exact) mass is 187 g/mol. The lowest BCUT2D eigenvalue weighted by molar-refractivity contribution is -0.591. The summed E-state index contributed by atoms with van der Waals surface area (Å²) in [5.74, 6) is -3.05. The van der Waals surface area contributed by atoms with Crippen molar-refractivity contribution in [1.82, 2.24) is 4.98 Å². The Morgan fingerprint density at radius 1 is 2.08 bits per heavy atom. The van der Waals surface area contributed by atoms with Crippen LogP contribution in [0.25, 0.3) is 0 Å². The van der Waals surface area contributed by atoms with E-state index in [4.69, 9.17) is 26.7 Å². The van der Waals surface area contributed by atoms with Crippen LogP contribution in [0.4, 0.5) is 5.82 Å². The molecule has 0 atom stereocenters. The van der Waals surface area contributed by atoms with E-state index in [0.717, 1.165) is 0 Å². The highest BCUT2D eigenvalue weighted by Gasteiger charge is 2.09. The molecule has 0 unspecified atom stereocenters. The zero-order chi connectivity index (χ0) is 11.8. The molecule has 0 aliphatic carbocycles. The average Bonchev–Trinajstić information content (AvgIpc) is 2.13. The lowest BCUT2D eigenvalue weighted by atomic mass is 10.4. The van der Waals surface area contributed by atoms with E-state index in [0.29, 0.717) is 0 Å². The second kappa shape index (κ2) is 3.24. The number of alkyl halides is 1. The summed E-state index contributed by atoms with van der Waals surface area (Å²) >= 11 is 5.27. The Labute approximate surface area is 77.8 Å². The average molecular weight is 188 g/mol. The number of hydrogen-bond donors (Lipinski definition) is 1. The van der Waals surface area contributed by atoms with Gasteiger partial charge in [0, 0.05) is 0 Å². The lowest BCUT2D eigenvalue weighted by Gasteiger charge is -2.05. The first-order valence-corrected chi connectivity index (χ1v) is 3.16. The molecule has 5 nitrogen and oxygen atoms in total. The minimum Gasteiger partial charge on any atom is -0.710 e. The Bertz CT molecular complexity index is 453. The van der Waals surface area contributed by atoms with Gasteiger partial charge in [0.05, 0.1) is 14.3 Å². The largest absolute Gasteiger partial charge is 0.710 e. The molecule has 0 saturated carbocycles. The van der Waals surface area contributed by atoms with Crippen molar-refractivity contribution < 1.29 is 8.84 Å². The van der Waals surface area contributed by atoms with Gasteiger partial charge in [0.2, 0.25) is 5.69 Å². The maximum atomic E-state index is 11.2. The number of nitrogen functional groups attached to an aromatic ring is 1. The molecule has 62 valence electrons. The molecule has 0 aliphatic rings. The van der Waals surface area contributed by atoms with Crippen molar-refractivity contribution in [1.29, 1.82) is 5.26 Å². The van der Waals surface area contributed by atoms with Gasteiger partial charge < -0.3 is 5.21 Å². The molecule has 0 aliphatic heterocycles. The van der Waals surface area contributed by atoms with E-state index in [1.807, 2.05) is 0 Å². The first-order chi connectivity index (χ1) is 6.79. The van der Waals surface area contributed by atoms with Crippen molar-refractivity contribution in [2.45, 2.75) is 5.83 Å². The van der Waals surface area contributed by atoms with Crippen LogP contribution in [0.2, 0.25) is 0 Å². The Kier molecular flexibility index (Phi) is 1.39. The Hall–Kier alpha value is -1.54. The molecular formula is C6H5ClN4O. The number of rotatable bonds is 1. The summed E-state index contributed by atoms with van der Waals surface area (Å²) in [5.41, 5.74) is 4.09. The Morgan fingerprint density at radius 3 is 3.25 bits per heavy atom. The van der Waals surface area contributed by atoms with E-state index in [-0.39, 0.29) is 4.73 Å². The predicted octanol–water partition coefficient (Wildman–Crippen LogP) is -0.0923. The first kappa shape index (κ1) is 5.17. The third-order valence-electron chi connectivity index (χ3n) is 1.09. The number of aromatic nitrogens is 2. The van der Waals surface area contributed by atoms with E-state index < -0.39 is 29.2 Å². The quantitative estimate of drug-likeness (QED) is 0.378. The van der Waals surface area contributed by atoms with Gasteiger partial charge in [-0.1, -0.05) is 0 Å². The Balaban J connectivity index is 3.58. The summed E-state index contributed by atoms with van der Waals surface area (Å²) in [7, 11) is 0. The van der Waals surface area contributed by atoms with Crippen LogP contribution in [0, 0.1) is 16.5 Å². The van der Waals surface area contributed by atoms with E-state index in [1.54, 1.807) is 0 Å². The second-order valence-electron chi connectivity index (χ2n) is 1.81. The van der Waals surface area contributed by atoms with Crippen molar-refractivity contribution in [2.75, 3.05) is 5.73 Å². The molecule has 0 spiro atoms. The molecule has 0 fully saturated rings. The maximum Gasteiger partial charge on any atom is 0.312 e. The highest BCUT2D eigenvalue weighted by Crippen LogP contribution is 2.03. The summed E-state index contributed by atoms with van der Waals surface area (Å²) in [5, 5.41) is 19.8. The fourth-order valence-corrected chi connectivity index (χ4v) is 0.656. The van der Waals surface area contributed by atoms with Crippen LogP contribution < -0.4 is 10.5 Å². The number of nitriles is 1.